The van der Waals surface area contributed by atoms with Gasteiger partial charge in [-0.25, -0.2) is 0 Å². The number of hydrogen-bond acceptors (Lipinski definition) is 0. The Balaban J connectivity index is 2.40. The average Bonchev–Trinajstić information content (AvgIpc) is 3.15. The molecule has 0 saturated heterocycles. The second-order valence-electron chi connectivity index (χ2n) is 9.52. The molecule has 1 heterocycles. The first kappa shape index (κ1) is 24.5. The number of imidazole rings is 1. The minimum absolute atomic E-state index is 0.463. The van der Waals surface area contributed by atoms with E-state index in [2.05, 4.69) is 134 Å². The molecule has 4 heteroatoms. The Morgan fingerprint density at radius 3 is 1.10 bits per heavy atom. The molecule has 0 aliphatic carbocycles. The van der Waals surface area contributed by atoms with E-state index in [0.717, 1.165) is 0 Å². The van der Waals surface area contributed by atoms with Crippen LogP contribution in [0, 0.1) is 4.32 Å². The Morgan fingerprint density at radius 2 is 0.871 bits per heavy atom. The number of hydrogen-bond donors (Lipinski definition) is 0. The van der Waals surface area contributed by atoms with Gasteiger partial charge in [-0.05, 0) is 0 Å². The van der Waals surface area contributed by atoms with E-state index >= 15 is 0 Å². The van der Waals surface area contributed by atoms with E-state index in [1.165, 1.54) is 38.0 Å². The predicted octanol–water partition coefficient (Wildman–Crippen LogP) is 8.73. The van der Waals surface area contributed by atoms with E-state index in [4.69, 9.17) is 0 Å². The van der Waals surface area contributed by atoms with Crippen LogP contribution in [0.5, 0.6) is 0 Å². The molecule has 0 amide bonds. The molecule has 0 radical (unpaired) electrons. The summed E-state index contributed by atoms with van der Waals surface area (Å²) in [6, 6.07) is 13.6. The average molecular weight is 579 g/mol. The molecule has 3 aromatic rings. The molecule has 0 fully saturated rings. The van der Waals surface area contributed by atoms with Crippen molar-refractivity contribution in [3.8, 4) is 11.4 Å². The van der Waals surface area contributed by atoms with Gasteiger partial charge in [0, 0.05) is 0 Å². The van der Waals surface area contributed by atoms with E-state index in [1.807, 2.05) is 11.3 Å². The minimum atomic E-state index is 0.463. The molecule has 172 valence electrons. The van der Waals surface area contributed by atoms with E-state index in [-0.39, 0.29) is 0 Å². The van der Waals surface area contributed by atoms with Crippen LogP contribution in [0.1, 0.15) is 101 Å². The molecule has 3 rings (SSSR count). The van der Waals surface area contributed by atoms with E-state index in [0.29, 0.717) is 23.7 Å². The third-order valence-electron chi connectivity index (χ3n) is 5.94. The summed E-state index contributed by atoms with van der Waals surface area (Å²) in [4.78, 5) is 0. The standard InChI is InChI=1S/C27H36N2.Cu.HI/c1-18(2)22-11-9-12-23(19(3)4)26(22)28-15-16-29(17-28)27-24(20(5)6)13-10-14-25(27)21(7)8;;/h9-16,18-21H,1-8H3;;1H/q;+1;/p-1. The number of para-hydroxylation sites is 2. The van der Waals surface area contributed by atoms with E-state index < -0.39 is 0 Å². The SMILES string of the molecule is CC(C)c1cccc(C(C)C)c1-n1ccn(-c2c(C(C)C)cccc2C(C)C)[c]1=[Cu][I]. The number of benzene rings is 2. The number of rotatable bonds is 6. The maximum absolute atomic E-state index is 2.44. The first-order valence-electron chi connectivity index (χ1n) is 11.3. The van der Waals surface area contributed by atoms with Gasteiger partial charge in [0.25, 0.3) is 0 Å². The fourth-order valence-corrected chi connectivity index (χ4v) is 6.13. The topological polar surface area (TPSA) is 9.86 Å². The molecule has 0 aliphatic rings. The quantitative estimate of drug-likeness (QED) is 0.204. The van der Waals surface area contributed by atoms with Gasteiger partial charge < -0.3 is 0 Å². The van der Waals surface area contributed by atoms with Crippen LogP contribution in [0.4, 0.5) is 0 Å². The molecule has 2 nitrogen and oxygen atoms in total. The van der Waals surface area contributed by atoms with Crippen molar-refractivity contribution >= 4 is 20.3 Å². The van der Waals surface area contributed by atoms with Crippen LogP contribution in [-0.4, -0.2) is 9.13 Å². The van der Waals surface area contributed by atoms with Crippen LogP contribution in [0.25, 0.3) is 11.4 Å². The van der Waals surface area contributed by atoms with Gasteiger partial charge in [-0.2, -0.15) is 0 Å². The van der Waals surface area contributed by atoms with Crippen molar-refractivity contribution in [1.82, 2.24) is 9.13 Å². The number of halogens is 1. The summed E-state index contributed by atoms with van der Waals surface area (Å²) in [5.41, 5.74) is 8.30. The maximum atomic E-state index is 2.44. The normalized spacial score (nSPS) is 12.2. The molecule has 0 spiro atoms. The van der Waals surface area contributed by atoms with Gasteiger partial charge in [-0.15, -0.1) is 0 Å². The van der Waals surface area contributed by atoms with Crippen molar-refractivity contribution in [2.45, 2.75) is 79.1 Å². The number of aromatic nitrogens is 2. The summed E-state index contributed by atoms with van der Waals surface area (Å²) in [6.45, 7) is 18.3. The summed E-state index contributed by atoms with van der Waals surface area (Å²) in [5, 5.41) is 0. The van der Waals surface area contributed by atoms with Crippen LogP contribution in [0.2, 0.25) is 0 Å². The van der Waals surface area contributed by atoms with Gasteiger partial charge in [0.1, 0.15) is 0 Å². The Morgan fingerprint density at radius 1 is 0.581 bits per heavy atom. The molecule has 0 atom stereocenters. The van der Waals surface area contributed by atoms with Crippen molar-refractivity contribution in [3.63, 3.8) is 0 Å². The first-order chi connectivity index (χ1) is 14.7. The van der Waals surface area contributed by atoms with Gasteiger partial charge in [-0.1, -0.05) is 0 Å². The van der Waals surface area contributed by atoms with Crippen LogP contribution >= 0.6 is 20.3 Å². The summed E-state index contributed by atoms with van der Waals surface area (Å²) >= 11 is 4.34. The second kappa shape index (κ2) is 10.2. The predicted molar refractivity (Wildman–Crippen MR) is 139 cm³/mol. The van der Waals surface area contributed by atoms with Crippen LogP contribution in [-0.2, 0) is 11.3 Å². The molecule has 1 aromatic heterocycles. The molecule has 0 bridgehead atoms. The van der Waals surface area contributed by atoms with Crippen molar-refractivity contribution < 1.29 is 11.3 Å². The van der Waals surface area contributed by atoms with Gasteiger partial charge in [0.2, 0.25) is 0 Å². The molecule has 0 N–H and O–H groups in total. The molecule has 0 aliphatic heterocycles. The fourth-order valence-electron chi connectivity index (χ4n) is 4.31. The van der Waals surface area contributed by atoms with Crippen molar-refractivity contribution in [2.24, 2.45) is 0 Å². The molecule has 0 unspecified atom stereocenters. The van der Waals surface area contributed by atoms with Crippen LogP contribution in [0.15, 0.2) is 48.8 Å². The van der Waals surface area contributed by atoms with Gasteiger partial charge >= 0.3 is 207 Å². The monoisotopic (exact) mass is 578 g/mol. The Hall–Kier alpha value is -1.10. The number of nitrogens with zero attached hydrogens (tertiary/aromatic N) is 2. The van der Waals surface area contributed by atoms with Crippen molar-refractivity contribution in [2.75, 3.05) is 0 Å². The Labute approximate surface area is 205 Å². The molecule has 31 heavy (non-hydrogen) atoms. The van der Waals surface area contributed by atoms with Crippen LogP contribution < -0.4 is 0 Å². The third-order valence-corrected chi connectivity index (χ3v) is 7.76. The zero-order chi connectivity index (χ0) is 22.9. The summed E-state index contributed by atoms with van der Waals surface area (Å²) < 4.78 is 6.06. The zero-order valence-corrected chi connectivity index (χ0v) is 23.1. The van der Waals surface area contributed by atoms with Gasteiger partial charge in [-0.3, -0.25) is 0 Å². The van der Waals surface area contributed by atoms with Gasteiger partial charge in [0.05, 0.1) is 0 Å². The third kappa shape index (κ3) is 4.82. The zero-order valence-electron chi connectivity index (χ0n) is 20.0. The van der Waals surface area contributed by atoms with Gasteiger partial charge in [0.15, 0.2) is 0 Å². The van der Waals surface area contributed by atoms with Crippen LogP contribution in [0.3, 0.4) is 0 Å². The molecular weight excluding hydrogens is 543 g/mol. The van der Waals surface area contributed by atoms with Crippen molar-refractivity contribution in [1.29, 1.82) is 0 Å². The van der Waals surface area contributed by atoms with E-state index in [1.54, 1.807) is 0 Å². The molecule has 2 aromatic carbocycles. The summed E-state index contributed by atoms with van der Waals surface area (Å²) in [7, 11) is 0. The second-order valence-corrected chi connectivity index (χ2v) is 11.5. The Bertz CT molecular complexity index is 980. The first-order valence-corrected chi connectivity index (χ1v) is 14.8. The summed E-state index contributed by atoms with van der Waals surface area (Å²) in [5.74, 6) is 1.85. The summed E-state index contributed by atoms with van der Waals surface area (Å²) in [6.07, 6.45) is 4.51. The van der Waals surface area contributed by atoms with E-state index in [9.17, 15) is 0 Å². The molecular formula is C27H36CuIN2. The van der Waals surface area contributed by atoms with Crippen molar-refractivity contribution in [3.05, 3.63) is 75.4 Å². The molecule has 0 saturated carbocycles. The Kier molecular flexibility index (Phi) is 8.10. The fraction of sp³-hybridized carbons (Fsp3) is 0.444.